The maximum Gasteiger partial charge on any atom is 0.340 e. The van der Waals surface area contributed by atoms with Crippen LogP contribution in [-0.2, 0) is 9.53 Å². The van der Waals surface area contributed by atoms with Crippen molar-refractivity contribution >= 4 is 17.5 Å². The molecular weight excluding hydrogens is 330 g/mol. The summed E-state index contributed by atoms with van der Waals surface area (Å²) in [7, 11) is 0. The Balaban J connectivity index is 2.19. The molecule has 6 nitrogen and oxygen atoms in total. The van der Waals surface area contributed by atoms with Crippen LogP contribution in [0.2, 0.25) is 0 Å². The van der Waals surface area contributed by atoms with Crippen molar-refractivity contribution in [3.05, 3.63) is 52.8 Å². The van der Waals surface area contributed by atoms with Crippen molar-refractivity contribution in [3.63, 3.8) is 0 Å². The summed E-state index contributed by atoms with van der Waals surface area (Å²) in [6, 6.07) is 11.4. The number of carbonyl (C=O) groups excluding carboxylic acids is 2. The van der Waals surface area contributed by atoms with Crippen LogP contribution in [0.15, 0.2) is 30.3 Å². The number of nitrogens with zero attached hydrogens (tertiary/aromatic N) is 2. The molecule has 0 unspecified atom stereocenters. The van der Waals surface area contributed by atoms with Gasteiger partial charge in [0.2, 0.25) is 0 Å². The van der Waals surface area contributed by atoms with Gasteiger partial charge in [-0.2, -0.15) is 5.26 Å². The van der Waals surface area contributed by atoms with Gasteiger partial charge in [-0.25, -0.2) is 4.79 Å². The van der Waals surface area contributed by atoms with Crippen LogP contribution in [0, 0.1) is 43.4 Å². The summed E-state index contributed by atoms with van der Waals surface area (Å²) >= 11 is 0. The summed E-state index contributed by atoms with van der Waals surface area (Å²) in [5.74, 6) is -2.40. The number of ether oxygens (including phenoxy) is 1. The minimum Gasteiger partial charge on any atom is -0.454 e. The molecule has 0 amide bonds. The number of nitrogens with one attached hydrogen (secondary N) is 1. The molecular formula is C20H21N3O3. The van der Waals surface area contributed by atoms with Crippen molar-refractivity contribution in [2.45, 2.75) is 27.7 Å². The topological polar surface area (TPSA) is 95.9 Å². The second-order valence-electron chi connectivity index (χ2n) is 6.24. The number of rotatable bonds is 6. The van der Waals surface area contributed by atoms with Gasteiger partial charge in [0, 0.05) is 22.8 Å². The molecule has 1 aromatic carbocycles. The highest BCUT2D eigenvalue weighted by Gasteiger charge is 2.23. The Morgan fingerprint density at radius 2 is 1.85 bits per heavy atom. The van der Waals surface area contributed by atoms with E-state index in [-0.39, 0.29) is 5.71 Å². The van der Waals surface area contributed by atoms with E-state index in [9.17, 15) is 9.59 Å². The fourth-order valence-electron chi connectivity index (χ4n) is 2.77. The number of aromatic nitrogens is 1. The Kier molecular flexibility index (Phi) is 5.73. The first-order valence-electron chi connectivity index (χ1n) is 8.16. The van der Waals surface area contributed by atoms with E-state index in [0.717, 1.165) is 16.9 Å². The van der Waals surface area contributed by atoms with E-state index in [1.165, 1.54) is 6.92 Å². The first kappa shape index (κ1) is 19.1. The van der Waals surface area contributed by atoms with Crippen molar-refractivity contribution in [2.24, 2.45) is 5.92 Å². The summed E-state index contributed by atoms with van der Waals surface area (Å²) in [6.07, 6.45) is 0. The molecule has 2 aromatic rings. The molecule has 0 saturated carbocycles. The van der Waals surface area contributed by atoms with Crippen LogP contribution in [0.25, 0.3) is 5.69 Å². The van der Waals surface area contributed by atoms with Crippen LogP contribution in [-0.4, -0.2) is 28.6 Å². The Morgan fingerprint density at radius 1 is 1.23 bits per heavy atom. The maximum atomic E-state index is 12.4. The van der Waals surface area contributed by atoms with E-state index in [2.05, 4.69) is 0 Å². The van der Waals surface area contributed by atoms with Crippen molar-refractivity contribution in [3.8, 4) is 11.8 Å². The highest BCUT2D eigenvalue weighted by molar-refractivity contribution is 6.06. The summed E-state index contributed by atoms with van der Waals surface area (Å²) in [5, 5.41) is 16.3. The number of carbonyl (C=O) groups is 2. The molecule has 1 heterocycles. The quantitative estimate of drug-likeness (QED) is 0.638. The van der Waals surface area contributed by atoms with Gasteiger partial charge < -0.3 is 14.7 Å². The Hall–Kier alpha value is -3.20. The second-order valence-corrected chi connectivity index (χ2v) is 6.24. The molecule has 1 aromatic heterocycles. The van der Waals surface area contributed by atoms with Crippen LogP contribution in [0.1, 0.15) is 34.2 Å². The Bertz CT molecular complexity index is 902. The van der Waals surface area contributed by atoms with E-state index in [0.29, 0.717) is 11.3 Å². The van der Waals surface area contributed by atoms with Gasteiger partial charge in [-0.05, 0) is 45.9 Å². The van der Waals surface area contributed by atoms with Crippen molar-refractivity contribution < 1.29 is 14.3 Å². The fourth-order valence-corrected chi connectivity index (χ4v) is 2.77. The third kappa shape index (κ3) is 3.89. The Morgan fingerprint density at radius 3 is 2.38 bits per heavy atom. The minimum absolute atomic E-state index is 0.0638. The van der Waals surface area contributed by atoms with Crippen molar-refractivity contribution in [2.75, 3.05) is 6.61 Å². The molecule has 6 heteroatoms. The van der Waals surface area contributed by atoms with Crippen LogP contribution >= 0.6 is 0 Å². The van der Waals surface area contributed by atoms with Gasteiger partial charge in [-0.1, -0.05) is 17.7 Å². The molecule has 2 rings (SSSR count). The number of ketones is 1. The lowest BCUT2D eigenvalue weighted by Gasteiger charge is -2.10. The largest absolute Gasteiger partial charge is 0.454 e. The molecule has 26 heavy (non-hydrogen) atoms. The first-order chi connectivity index (χ1) is 12.3. The zero-order chi connectivity index (χ0) is 19.4. The lowest BCUT2D eigenvalue weighted by molar-refractivity contribution is -0.122. The number of nitriles is 1. The molecule has 0 bridgehead atoms. The van der Waals surface area contributed by atoms with E-state index < -0.39 is 24.3 Å². The molecule has 1 N–H and O–H groups in total. The van der Waals surface area contributed by atoms with E-state index >= 15 is 0 Å². The average Bonchev–Trinajstić information content (AvgIpc) is 2.88. The molecule has 0 radical (unpaired) electrons. The first-order valence-corrected chi connectivity index (χ1v) is 8.16. The summed E-state index contributed by atoms with van der Waals surface area (Å²) in [4.78, 5) is 24.3. The lowest BCUT2D eigenvalue weighted by atomic mass is 10.0. The van der Waals surface area contributed by atoms with Gasteiger partial charge in [-0.3, -0.25) is 4.79 Å². The molecule has 0 spiro atoms. The third-order valence-electron chi connectivity index (χ3n) is 4.17. The third-order valence-corrected chi connectivity index (χ3v) is 4.17. The molecule has 0 saturated heterocycles. The van der Waals surface area contributed by atoms with Crippen LogP contribution in [0.4, 0.5) is 0 Å². The van der Waals surface area contributed by atoms with Gasteiger partial charge in [0.25, 0.3) is 0 Å². The highest BCUT2D eigenvalue weighted by atomic mass is 16.5. The second kappa shape index (κ2) is 7.79. The van der Waals surface area contributed by atoms with Crippen LogP contribution in [0.3, 0.4) is 0 Å². The molecule has 0 fully saturated rings. The average molecular weight is 351 g/mol. The summed E-state index contributed by atoms with van der Waals surface area (Å²) in [5.41, 5.74) is 3.97. The van der Waals surface area contributed by atoms with Crippen LogP contribution in [0.5, 0.6) is 0 Å². The minimum atomic E-state index is -1.18. The predicted octanol–water partition coefficient (Wildman–Crippen LogP) is 3.31. The number of Topliss-reactive ketones (excluding diaryl/α,β-unsaturated/α-hetero) is 1. The smallest absolute Gasteiger partial charge is 0.340 e. The zero-order valence-corrected chi connectivity index (χ0v) is 15.3. The normalized spacial score (nSPS) is 11.5. The number of esters is 1. The SMILES string of the molecule is CC(=N)[C@@H](C#N)C(=O)COC(=O)c1cc(C)n(-c2ccc(C)cc2)c1C. The fraction of sp³-hybridized carbons (Fsp3) is 0.300. The van der Waals surface area contributed by atoms with Gasteiger partial charge >= 0.3 is 5.97 Å². The number of hydrogen-bond acceptors (Lipinski definition) is 5. The summed E-state index contributed by atoms with van der Waals surface area (Å²) < 4.78 is 7.02. The van der Waals surface area contributed by atoms with Crippen molar-refractivity contribution in [1.82, 2.24) is 4.57 Å². The molecule has 134 valence electrons. The molecule has 1 atom stereocenters. The number of hydrogen-bond donors (Lipinski definition) is 1. The summed E-state index contributed by atoms with van der Waals surface area (Å²) in [6.45, 7) is 6.55. The molecule has 0 aliphatic heterocycles. The molecule has 0 aliphatic carbocycles. The Labute approximate surface area is 152 Å². The van der Waals surface area contributed by atoms with Crippen molar-refractivity contribution in [1.29, 1.82) is 10.7 Å². The standard InChI is InChI=1S/C20H21N3O3/c1-12-5-7-16(8-6-12)23-13(2)9-17(15(23)4)20(25)26-11-19(24)18(10-21)14(3)22/h5-9,18,22H,11H2,1-4H3/t18-/m1/s1. The predicted molar refractivity (Wildman–Crippen MR) is 97.8 cm³/mol. The van der Waals surface area contributed by atoms with E-state index in [1.807, 2.05) is 49.6 Å². The van der Waals surface area contributed by atoms with Gasteiger partial charge in [0.15, 0.2) is 12.4 Å². The molecule has 0 aliphatic rings. The lowest BCUT2D eigenvalue weighted by Crippen LogP contribution is -2.25. The monoisotopic (exact) mass is 351 g/mol. The maximum absolute atomic E-state index is 12.4. The van der Waals surface area contributed by atoms with E-state index in [1.54, 1.807) is 12.1 Å². The van der Waals surface area contributed by atoms with Gasteiger partial charge in [0.1, 0.15) is 5.92 Å². The van der Waals surface area contributed by atoms with E-state index in [4.69, 9.17) is 15.4 Å². The van der Waals surface area contributed by atoms with Gasteiger partial charge in [-0.15, -0.1) is 0 Å². The van der Waals surface area contributed by atoms with Gasteiger partial charge in [0.05, 0.1) is 11.6 Å². The van der Waals surface area contributed by atoms with Crippen LogP contribution < -0.4 is 0 Å². The number of aryl methyl sites for hydroxylation is 2. The number of benzene rings is 1. The highest BCUT2D eigenvalue weighted by Crippen LogP contribution is 2.22. The zero-order valence-electron chi connectivity index (χ0n) is 15.3.